The summed E-state index contributed by atoms with van der Waals surface area (Å²) in [6, 6.07) is 5.72. The fourth-order valence-corrected chi connectivity index (χ4v) is 2.03. The number of carboxylic acid groups (broad SMARTS) is 1. The van der Waals surface area contributed by atoms with Gasteiger partial charge in [0.2, 0.25) is 0 Å². The minimum absolute atomic E-state index is 0.367. The largest absolute Gasteiger partial charge is 0.480 e. The van der Waals surface area contributed by atoms with Gasteiger partial charge < -0.3 is 10.4 Å². The smallest absolute Gasteiger partial charge is 0.325 e. The van der Waals surface area contributed by atoms with Crippen LogP contribution in [-0.2, 0) is 21.3 Å². The Kier molecular flexibility index (Phi) is 5.03. The highest BCUT2D eigenvalue weighted by molar-refractivity contribution is 7.83. The van der Waals surface area contributed by atoms with Gasteiger partial charge in [0.05, 0.1) is 0 Å². The molecule has 0 spiro atoms. The molecule has 2 N–H and O–H groups in total. The van der Waals surface area contributed by atoms with E-state index in [0.29, 0.717) is 11.3 Å². The number of nitrogens with one attached hydrogen (secondary N) is 1. The Labute approximate surface area is 108 Å². The van der Waals surface area contributed by atoms with Gasteiger partial charge in [0.15, 0.2) is 0 Å². The first-order chi connectivity index (χ1) is 8.40. The highest BCUT2D eigenvalue weighted by atomic mass is 32.2. The van der Waals surface area contributed by atoms with Crippen molar-refractivity contribution in [3.05, 3.63) is 35.4 Å². The van der Waals surface area contributed by atoms with Gasteiger partial charge in [-0.1, -0.05) is 12.1 Å². The van der Waals surface area contributed by atoms with Crippen LogP contribution in [0.2, 0.25) is 0 Å². The monoisotopic (exact) mass is 269 g/mol. The Balaban J connectivity index is 2.80. The van der Waals surface area contributed by atoms with Gasteiger partial charge in [0, 0.05) is 28.4 Å². The van der Waals surface area contributed by atoms with Crippen LogP contribution in [0.15, 0.2) is 24.3 Å². The lowest BCUT2D eigenvalue weighted by atomic mass is 10.1. The van der Waals surface area contributed by atoms with Crippen molar-refractivity contribution in [2.45, 2.75) is 18.7 Å². The van der Waals surface area contributed by atoms with Gasteiger partial charge in [-0.3, -0.25) is 13.8 Å². The molecule has 0 saturated carbocycles. The number of carbonyl (C=O) groups is 2. The van der Waals surface area contributed by atoms with E-state index in [1.54, 1.807) is 30.5 Å². The highest BCUT2D eigenvalue weighted by Gasteiger charge is 2.15. The summed E-state index contributed by atoms with van der Waals surface area (Å²) in [5, 5.41) is 11.1. The highest BCUT2D eigenvalue weighted by Crippen LogP contribution is 2.07. The SMILES string of the molecule is C[C@@H](NC(=O)c1cccc(CS(C)=O)c1)C(=O)O. The Morgan fingerprint density at radius 2 is 2.11 bits per heavy atom. The van der Waals surface area contributed by atoms with E-state index < -0.39 is 28.7 Å². The summed E-state index contributed by atoms with van der Waals surface area (Å²) >= 11 is 0. The van der Waals surface area contributed by atoms with Crippen LogP contribution in [0.1, 0.15) is 22.8 Å². The normalized spacial score (nSPS) is 13.7. The molecule has 0 bridgehead atoms. The predicted octanol–water partition coefficient (Wildman–Crippen LogP) is 0.768. The van der Waals surface area contributed by atoms with E-state index in [2.05, 4.69) is 5.32 Å². The lowest BCUT2D eigenvalue weighted by molar-refractivity contribution is -0.138. The van der Waals surface area contributed by atoms with E-state index in [9.17, 15) is 13.8 Å². The molecule has 2 atom stereocenters. The molecule has 6 heteroatoms. The van der Waals surface area contributed by atoms with Crippen molar-refractivity contribution in [3.63, 3.8) is 0 Å². The molecule has 0 radical (unpaired) electrons. The molecule has 1 amide bonds. The van der Waals surface area contributed by atoms with Gasteiger partial charge in [-0.15, -0.1) is 0 Å². The molecule has 1 unspecified atom stereocenters. The fourth-order valence-electron chi connectivity index (χ4n) is 1.38. The molecule has 0 saturated heterocycles. The molecule has 0 aromatic heterocycles. The number of carbonyl (C=O) groups excluding carboxylic acids is 1. The van der Waals surface area contributed by atoms with Crippen molar-refractivity contribution in [1.29, 1.82) is 0 Å². The van der Waals surface area contributed by atoms with Crippen molar-refractivity contribution >= 4 is 22.7 Å². The molecular weight excluding hydrogens is 254 g/mol. The van der Waals surface area contributed by atoms with Crippen molar-refractivity contribution < 1.29 is 18.9 Å². The van der Waals surface area contributed by atoms with E-state index in [4.69, 9.17) is 5.11 Å². The van der Waals surface area contributed by atoms with Crippen LogP contribution in [-0.4, -0.2) is 33.5 Å². The van der Waals surface area contributed by atoms with Crippen LogP contribution in [0.25, 0.3) is 0 Å². The first kappa shape index (κ1) is 14.4. The summed E-state index contributed by atoms with van der Waals surface area (Å²) in [7, 11) is -0.982. The zero-order valence-corrected chi connectivity index (χ0v) is 11.0. The first-order valence-electron chi connectivity index (χ1n) is 5.33. The number of hydrogen-bond donors (Lipinski definition) is 2. The number of carboxylic acids is 1. The quantitative estimate of drug-likeness (QED) is 0.827. The van der Waals surface area contributed by atoms with E-state index in [0.717, 1.165) is 5.56 Å². The van der Waals surface area contributed by atoms with Gasteiger partial charge in [0.1, 0.15) is 6.04 Å². The molecule has 0 aliphatic carbocycles. The minimum Gasteiger partial charge on any atom is -0.480 e. The van der Waals surface area contributed by atoms with E-state index in [1.165, 1.54) is 6.92 Å². The Hall–Kier alpha value is -1.69. The first-order valence-corrected chi connectivity index (χ1v) is 7.05. The molecule has 5 nitrogen and oxygen atoms in total. The summed E-state index contributed by atoms with van der Waals surface area (Å²) in [6.45, 7) is 1.39. The zero-order valence-electron chi connectivity index (χ0n) is 10.2. The van der Waals surface area contributed by atoms with Gasteiger partial charge in [-0.25, -0.2) is 0 Å². The second kappa shape index (κ2) is 6.30. The van der Waals surface area contributed by atoms with Crippen LogP contribution >= 0.6 is 0 Å². The molecule has 1 aromatic carbocycles. The van der Waals surface area contributed by atoms with Crippen molar-refractivity contribution in [2.24, 2.45) is 0 Å². The lowest BCUT2D eigenvalue weighted by Gasteiger charge is -2.09. The minimum atomic E-state index is -1.09. The summed E-state index contributed by atoms with van der Waals surface area (Å²) in [5.41, 5.74) is 1.15. The van der Waals surface area contributed by atoms with Crippen LogP contribution < -0.4 is 5.32 Å². The average molecular weight is 269 g/mol. The molecule has 1 aromatic rings. The van der Waals surface area contributed by atoms with Crippen LogP contribution in [0.5, 0.6) is 0 Å². The molecule has 0 fully saturated rings. The van der Waals surface area contributed by atoms with Crippen molar-refractivity contribution in [3.8, 4) is 0 Å². The number of amides is 1. The third-order valence-electron chi connectivity index (χ3n) is 2.28. The number of aliphatic carboxylic acids is 1. The van der Waals surface area contributed by atoms with E-state index >= 15 is 0 Å². The van der Waals surface area contributed by atoms with Crippen LogP contribution in [0, 0.1) is 0 Å². The maximum Gasteiger partial charge on any atom is 0.325 e. The summed E-state index contributed by atoms with van der Waals surface area (Å²) in [5.74, 6) is -1.17. The molecule has 0 aliphatic rings. The van der Waals surface area contributed by atoms with Crippen molar-refractivity contribution in [1.82, 2.24) is 5.32 Å². The van der Waals surface area contributed by atoms with Gasteiger partial charge in [-0.05, 0) is 24.6 Å². The maximum atomic E-state index is 11.7. The summed E-state index contributed by atoms with van der Waals surface area (Å²) in [4.78, 5) is 22.4. The second-order valence-corrected chi connectivity index (χ2v) is 5.39. The third-order valence-corrected chi connectivity index (χ3v) is 3.02. The number of hydrogen-bond acceptors (Lipinski definition) is 3. The maximum absolute atomic E-state index is 11.7. The second-order valence-electron chi connectivity index (χ2n) is 3.95. The van der Waals surface area contributed by atoms with Crippen LogP contribution in [0.4, 0.5) is 0 Å². The van der Waals surface area contributed by atoms with E-state index in [1.807, 2.05) is 0 Å². The van der Waals surface area contributed by atoms with Gasteiger partial charge in [-0.2, -0.15) is 0 Å². The predicted molar refractivity (Wildman–Crippen MR) is 68.8 cm³/mol. The summed E-state index contributed by atoms with van der Waals surface area (Å²) < 4.78 is 11.1. The third kappa shape index (κ3) is 4.29. The molecule has 98 valence electrons. The Bertz CT molecular complexity index is 487. The van der Waals surface area contributed by atoms with Crippen molar-refractivity contribution in [2.75, 3.05) is 6.26 Å². The van der Waals surface area contributed by atoms with Gasteiger partial charge in [0.25, 0.3) is 5.91 Å². The molecule has 1 rings (SSSR count). The zero-order chi connectivity index (χ0) is 13.7. The standard InChI is InChI=1S/C12H15NO4S/c1-8(12(15)16)13-11(14)10-5-3-4-9(6-10)7-18(2)17/h3-6,8H,7H2,1-2H3,(H,13,14)(H,15,16)/t8-,18?/m1/s1. The van der Waals surface area contributed by atoms with Gasteiger partial charge >= 0.3 is 5.97 Å². The molecule has 18 heavy (non-hydrogen) atoms. The molecule has 0 heterocycles. The molecule has 0 aliphatic heterocycles. The average Bonchev–Trinajstić information content (AvgIpc) is 2.28. The van der Waals surface area contributed by atoms with Crippen LogP contribution in [0.3, 0.4) is 0 Å². The lowest BCUT2D eigenvalue weighted by Crippen LogP contribution is -2.38. The van der Waals surface area contributed by atoms with E-state index in [-0.39, 0.29) is 0 Å². The Morgan fingerprint density at radius 1 is 1.44 bits per heavy atom. The number of rotatable bonds is 5. The Morgan fingerprint density at radius 3 is 2.67 bits per heavy atom. The topological polar surface area (TPSA) is 83.5 Å². The summed E-state index contributed by atoms with van der Waals surface area (Å²) in [6.07, 6.45) is 1.58. The fraction of sp³-hybridized carbons (Fsp3) is 0.333. The molecular formula is C12H15NO4S. The number of benzene rings is 1.